The fourth-order valence-electron chi connectivity index (χ4n) is 0.342. The summed E-state index contributed by atoms with van der Waals surface area (Å²) in [5, 5.41) is 3.72. The zero-order valence-electron chi connectivity index (χ0n) is 6.91. The Morgan fingerprint density at radius 2 is 1.36 bits per heavy atom. The second kappa shape index (κ2) is 41.3. The molecule has 0 spiro atoms. The van der Waals surface area contributed by atoms with Gasteiger partial charge < -0.3 is 0 Å². The molecule has 0 amide bonds. The smallest absolute Gasteiger partial charge is 0 e. The summed E-state index contributed by atoms with van der Waals surface area (Å²) in [6.45, 7) is 13.5. The Kier molecular flexibility index (Phi) is 67.7. The van der Waals surface area contributed by atoms with Crippen LogP contribution in [0.5, 0.6) is 0 Å². The van der Waals surface area contributed by atoms with Crippen molar-refractivity contribution in [2.75, 3.05) is 0 Å². The van der Waals surface area contributed by atoms with Gasteiger partial charge in [0, 0.05) is 29.5 Å². The van der Waals surface area contributed by atoms with E-state index in [9.17, 15) is 0 Å². The Balaban J connectivity index is -0.0000000625. The second-order valence-electron chi connectivity index (χ2n) is 1.15. The summed E-state index contributed by atoms with van der Waals surface area (Å²) in [5.41, 5.74) is 2.67. The molecule has 0 atom stereocenters. The van der Waals surface area contributed by atoms with Crippen molar-refractivity contribution < 1.29 is 31.0 Å². The van der Waals surface area contributed by atoms with Crippen LogP contribution in [-0.2, 0) is 31.0 Å². The van der Waals surface area contributed by atoms with E-state index in [1.54, 1.807) is 12.4 Å². The first-order chi connectivity index (χ1) is 6.50. The van der Waals surface area contributed by atoms with Crippen LogP contribution in [0.25, 0.3) is 0 Å². The molecule has 1 N–H and O–H groups in total. The Hall–Kier alpha value is -1.31. The molecule has 0 aliphatic carbocycles. The average molecular weight is 234 g/mol. The van der Waals surface area contributed by atoms with Crippen LogP contribution >= 0.6 is 0 Å². The fraction of sp³-hybridized carbons (Fsp3) is 0. The van der Waals surface area contributed by atoms with Gasteiger partial charge in [-0.2, -0.15) is 5.10 Å². The van der Waals surface area contributed by atoms with Crippen LogP contribution < -0.4 is 5.43 Å². The monoisotopic (exact) mass is 234 g/mol. The van der Waals surface area contributed by atoms with Gasteiger partial charge in [-0.1, -0.05) is 6.08 Å². The van der Waals surface area contributed by atoms with Gasteiger partial charge in [0.25, 0.3) is 0 Å². The maximum atomic E-state index is 7.50. The molecule has 74 valence electrons. The van der Waals surface area contributed by atoms with Gasteiger partial charge in [-0.05, 0) is 12.2 Å². The number of rotatable bonds is 0. The Morgan fingerprint density at radius 1 is 0.857 bits per heavy atom. The van der Waals surface area contributed by atoms with Crippen molar-refractivity contribution in [3.63, 3.8) is 0 Å². The fourth-order valence-corrected chi connectivity index (χ4v) is 0.342. The third-order valence-electron chi connectivity index (χ3n) is 0.628. The van der Waals surface area contributed by atoms with Crippen LogP contribution in [0.4, 0.5) is 0 Å². The summed E-state index contributed by atoms with van der Waals surface area (Å²) in [7, 11) is 0. The van der Waals surface area contributed by atoms with E-state index in [2.05, 4.69) is 30.5 Å². The van der Waals surface area contributed by atoms with Crippen LogP contribution in [0.15, 0.2) is 29.5 Å². The van der Waals surface area contributed by atoms with E-state index in [1.165, 1.54) is 0 Å². The number of hydrazone groups is 1. The van der Waals surface area contributed by atoms with Crippen molar-refractivity contribution >= 4 is 6.21 Å². The zero-order valence-corrected chi connectivity index (χ0v) is 8.02. The molecule has 14 heavy (non-hydrogen) atoms. The predicted octanol–water partition coefficient (Wildman–Crippen LogP) is 0.530. The molecule has 6 heteroatoms. The van der Waals surface area contributed by atoms with Crippen molar-refractivity contribution in [3.05, 3.63) is 44.4 Å². The summed E-state index contributed by atoms with van der Waals surface area (Å²) in [5.74, 6) is 0. The molecule has 0 saturated heterocycles. The van der Waals surface area contributed by atoms with E-state index in [0.717, 1.165) is 0 Å². The maximum Gasteiger partial charge on any atom is 0 e. The van der Waals surface area contributed by atoms with E-state index < -0.39 is 0 Å². The van der Waals surface area contributed by atoms with E-state index in [1.807, 2.05) is 18.2 Å². The molecule has 0 radical (unpaired) electrons. The molecule has 1 rings (SSSR count). The van der Waals surface area contributed by atoms with Crippen molar-refractivity contribution in [3.8, 4) is 0 Å². The SMILES string of the molecule is C1=CC=NNC=C1.[C-]#[O+].[C-]#[O+].[C-]#[O+].[Fe]. The minimum absolute atomic E-state index is 0. The van der Waals surface area contributed by atoms with E-state index in [0.29, 0.717) is 0 Å². The molecule has 0 aromatic heterocycles. The molecule has 0 unspecified atom stereocenters. The summed E-state index contributed by atoms with van der Waals surface area (Å²) in [4.78, 5) is 0. The van der Waals surface area contributed by atoms with Gasteiger partial charge in [0.05, 0.1) is 0 Å². The maximum absolute atomic E-state index is 7.50. The van der Waals surface area contributed by atoms with Crippen LogP contribution in [0, 0.1) is 20.0 Å². The average Bonchev–Trinajstić information content (AvgIpc) is 2.58. The molecular formula is C8H6FeN2O3. The minimum Gasteiger partial charge on any atom is 0 e. The number of allylic oxidation sites excluding steroid dienone is 3. The van der Waals surface area contributed by atoms with Crippen LogP contribution in [-0.4, -0.2) is 6.21 Å². The van der Waals surface area contributed by atoms with Gasteiger partial charge in [0.2, 0.25) is 0 Å². The minimum atomic E-state index is 0. The van der Waals surface area contributed by atoms with Gasteiger partial charge in [-0.15, -0.1) is 0 Å². The number of nitrogens with zero attached hydrogens (tertiary/aromatic N) is 1. The second-order valence-corrected chi connectivity index (χ2v) is 1.15. The van der Waals surface area contributed by atoms with Gasteiger partial charge in [0.1, 0.15) is 0 Å². The molecule has 5 nitrogen and oxygen atoms in total. The van der Waals surface area contributed by atoms with Gasteiger partial charge in [0.15, 0.2) is 0 Å². The predicted molar refractivity (Wildman–Crippen MR) is 41.7 cm³/mol. The molecule has 0 aromatic rings. The van der Waals surface area contributed by atoms with Crippen molar-refractivity contribution in [1.29, 1.82) is 0 Å². The normalized spacial score (nSPS) is 8.43. The first kappa shape index (κ1) is 23.0. The van der Waals surface area contributed by atoms with Crippen molar-refractivity contribution in [2.24, 2.45) is 5.10 Å². The third-order valence-corrected chi connectivity index (χ3v) is 0.628. The van der Waals surface area contributed by atoms with Crippen molar-refractivity contribution in [1.82, 2.24) is 5.43 Å². The third kappa shape index (κ3) is 31.0. The standard InChI is InChI=1S/C5H6N2.3CO.Fe/c1-2-4-6-7-5-3-1;3*1-2;/h1-6H;;;;. The molecule has 1 aliphatic heterocycles. The molecule has 0 fully saturated rings. The molecule has 0 saturated carbocycles. The first-order valence-electron chi connectivity index (χ1n) is 2.72. The topological polar surface area (TPSA) is 84.1 Å². The number of hydrogen-bond acceptors (Lipinski definition) is 2. The van der Waals surface area contributed by atoms with E-state index in [-0.39, 0.29) is 17.1 Å². The quantitative estimate of drug-likeness (QED) is 0.370. The molecule has 1 aliphatic rings. The zero-order chi connectivity index (χ0) is 10.9. The van der Waals surface area contributed by atoms with Gasteiger partial charge >= 0.3 is 33.9 Å². The van der Waals surface area contributed by atoms with Gasteiger partial charge in [-0.25, -0.2) is 0 Å². The number of nitrogens with one attached hydrogen (secondary N) is 1. The number of hydrogen-bond donors (Lipinski definition) is 1. The summed E-state index contributed by atoms with van der Waals surface area (Å²) in [6, 6.07) is 0. The molecule has 1 heterocycles. The Labute approximate surface area is 92.6 Å². The summed E-state index contributed by atoms with van der Waals surface area (Å²) < 4.78 is 22.5. The van der Waals surface area contributed by atoms with Crippen LogP contribution in [0.3, 0.4) is 0 Å². The molecule has 0 aromatic carbocycles. The molecular weight excluding hydrogens is 228 g/mol. The molecule has 0 bridgehead atoms. The van der Waals surface area contributed by atoms with Crippen molar-refractivity contribution in [2.45, 2.75) is 0 Å². The Morgan fingerprint density at radius 3 is 1.86 bits per heavy atom. The van der Waals surface area contributed by atoms with E-state index in [4.69, 9.17) is 14.0 Å². The van der Waals surface area contributed by atoms with Crippen LogP contribution in [0.1, 0.15) is 0 Å². The first-order valence-corrected chi connectivity index (χ1v) is 2.72. The van der Waals surface area contributed by atoms with Gasteiger partial charge in [-0.3, -0.25) is 5.43 Å². The summed E-state index contributed by atoms with van der Waals surface area (Å²) in [6.07, 6.45) is 9.10. The largest absolute Gasteiger partial charge is 0 e. The van der Waals surface area contributed by atoms with E-state index >= 15 is 0 Å². The van der Waals surface area contributed by atoms with Crippen LogP contribution in [0.2, 0.25) is 0 Å². The Bertz CT molecular complexity index is 200. The summed E-state index contributed by atoms with van der Waals surface area (Å²) >= 11 is 0.